The summed E-state index contributed by atoms with van der Waals surface area (Å²) in [6.45, 7) is 3.84. The lowest BCUT2D eigenvalue weighted by atomic mass is 9.73. The first-order valence-electron chi connectivity index (χ1n) is 10.2. The lowest BCUT2D eigenvalue weighted by Crippen LogP contribution is -2.42. The molecular formula is C21H25N5O3. The molecule has 29 heavy (non-hydrogen) atoms. The van der Waals surface area contributed by atoms with Crippen LogP contribution >= 0.6 is 0 Å². The summed E-state index contributed by atoms with van der Waals surface area (Å²) in [7, 11) is 0. The van der Waals surface area contributed by atoms with Crippen molar-refractivity contribution in [3.63, 3.8) is 0 Å². The Morgan fingerprint density at radius 2 is 2.24 bits per heavy atom. The summed E-state index contributed by atoms with van der Waals surface area (Å²) < 4.78 is 6.37. The molecule has 1 spiro atoms. The van der Waals surface area contributed by atoms with E-state index in [0.29, 0.717) is 31.7 Å². The number of rotatable bonds is 5. The van der Waals surface area contributed by atoms with Gasteiger partial charge in [-0.2, -0.15) is 15.4 Å². The highest BCUT2D eigenvalue weighted by atomic mass is 16.5. The second-order valence-corrected chi connectivity index (χ2v) is 8.48. The highest BCUT2D eigenvalue weighted by molar-refractivity contribution is 5.92. The third-order valence-corrected chi connectivity index (χ3v) is 6.85. The minimum absolute atomic E-state index is 0.0321. The van der Waals surface area contributed by atoms with E-state index in [1.54, 1.807) is 0 Å². The zero-order chi connectivity index (χ0) is 20.0. The van der Waals surface area contributed by atoms with Crippen LogP contribution in [0.5, 0.6) is 0 Å². The van der Waals surface area contributed by atoms with Crippen molar-refractivity contribution in [2.24, 2.45) is 11.8 Å². The zero-order valence-corrected chi connectivity index (χ0v) is 16.4. The number of likely N-dealkylation sites (tertiary alicyclic amines) is 1. The molecule has 2 aromatic rings. The van der Waals surface area contributed by atoms with E-state index in [4.69, 9.17) is 4.74 Å². The van der Waals surface area contributed by atoms with Crippen molar-refractivity contribution in [2.45, 2.75) is 37.9 Å². The van der Waals surface area contributed by atoms with Gasteiger partial charge in [-0.15, -0.1) is 0 Å². The third-order valence-electron chi connectivity index (χ3n) is 6.85. The van der Waals surface area contributed by atoms with Crippen molar-refractivity contribution >= 4 is 11.8 Å². The van der Waals surface area contributed by atoms with Crippen LogP contribution < -0.4 is 5.32 Å². The van der Waals surface area contributed by atoms with Crippen LogP contribution in [0.2, 0.25) is 0 Å². The standard InChI is InChI=1S/C21H25N5O3/c1-13-4-2-3-5-14(13)8-19(27)22-9-15-16-11-26(20(28)17-10-23-25-24-17)12-21(16)7-6-18(15)29-21/h2-5,10,15-16,18H,6-9,11-12H2,1H3,(H,22,27)(H,23,24,25)/t15-,16+,18+,21+/m0/s1. The van der Waals surface area contributed by atoms with Crippen LogP contribution in [0.4, 0.5) is 0 Å². The first kappa shape index (κ1) is 18.3. The molecule has 0 aliphatic carbocycles. The monoisotopic (exact) mass is 395 g/mol. The maximum Gasteiger partial charge on any atom is 0.276 e. The van der Waals surface area contributed by atoms with Gasteiger partial charge in [0.1, 0.15) is 0 Å². The van der Waals surface area contributed by atoms with E-state index in [0.717, 1.165) is 24.0 Å². The number of H-pyrrole nitrogens is 1. The Morgan fingerprint density at radius 1 is 1.38 bits per heavy atom. The number of carbonyl (C=O) groups excluding carboxylic acids is 2. The van der Waals surface area contributed by atoms with Gasteiger partial charge in [0, 0.05) is 24.9 Å². The number of aromatic amines is 1. The zero-order valence-electron chi connectivity index (χ0n) is 16.4. The summed E-state index contributed by atoms with van der Waals surface area (Å²) in [5.41, 5.74) is 2.24. The van der Waals surface area contributed by atoms with Gasteiger partial charge in [-0.25, -0.2) is 0 Å². The van der Waals surface area contributed by atoms with Gasteiger partial charge in [-0.05, 0) is 30.9 Å². The molecule has 0 radical (unpaired) electrons. The summed E-state index contributed by atoms with van der Waals surface area (Å²) in [5.74, 6) is 0.400. The number of nitrogens with zero attached hydrogens (tertiary/aromatic N) is 3. The van der Waals surface area contributed by atoms with Gasteiger partial charge in [-0.1, -0.05) is 24.3 Å². The molecule has 1 aromatic heterocycles. The molecule has 3 saturated heterocycles. The number of fused-ring (bicyclic) bond motifs is 1. The molecule has 1 aromatic carbocycles. The molecule has 152 valence electrons. The molecule has 3 fully saturated rings. The molecule has 2 N–H and O–H groups in total. The lowest BCUT2D eigenvalue weighted by Gasteiger charge is -2.29. The molecule has 2 amide bonds. The Morgan fingerprint density at radius 3 is 3.03 bits per heavy atom. The summed E-state index contributed by atoms with van der Waals surface area (Å²) in [6, 6.07) is 7.96. The van der Waals surface area contributed by atoms with Crippen LogP contribution in [-0.2, 0) is 16.0 Å². The average Bonchev–Trinajstić information content (AvgIpc) is 3.48. The van der Waals surface area contributed by atoms with Crippen molar-refractivity contribution in [3.8, 4) is 0 Å². The molecule has 5 rings (SSSR count). The number of nitrogens with one attached hydrogen (secondary N) is 2. The molecule has 3 aliphatic heterocycles. The largest absolute Gasteiger partial charge is 0.369 e. The fraction of sp³-hybridized carbons (Fsp3) is 0.524. The molecule has 8 heteroatoms. The predicted molar refractivity (Wildman–Crippen MR) is 104 cm³/mol. The van der Waals surface area contributed by atoms with Gasteiger partial charge < -0.3 is 15.0 Å². The molecule has 8 nitrogen and oxygen atoms in total. The van der Waals surface area contributed by atoms with Gasteiger partial charge in [0.25, 0.3) is 5.91 Å². The van der Waals surface area contributed by atoms with Crippen LogP contribution in [0.25, 0.3) is 0 Å². The number of benzene rings is 1. The van der Waals surface area contributed by atoms with Crippen LogP contribution in [0, 0.1) is 18.8 Å². The smallest absolute Gasteiger partial charge is 0.276 e. The topological polar surface area (TPSA) is 100 Å². The molecule has 4 atom stereocenters. The molecule has 3 aliphatic rings. The Bertz CT molecular complexity index is 930. The van der Waals surface area contributed by atoms with Gasteiger partial charge in [-0.3, -0.25) is 9.59 Å². The highest BCUT2D eigenvalue weighted by Gasteiger charge is 2.63. The van der Waals surface area contributed by atoms with E-state index >= 15 is 0 Å². The first-order valence-corrected chi connectivity index (χ1v) is 10.2. The minimum Gasteiger partial charge on any atom is -0.369 e. The number of amides is 2. The van der Waals surface area contributed by atoms with Gasteiger partial charge >= 0.3 is 0 Å². The summed E-state index contributed by atoms with van der Waals surface area (Å²) in [4.78, 5) is 27.0. The Hall–Kier alpha value is -2.74. The van der Waals surface area contributed by atoms with Gasteiger partial charge in [0.2, 0.25) is 5.91 Å². The van der Waals surface area contributed by atoms with Crippen LogP contribution in [0.3, 0.4) is 0 Å². The Kier molecular flexibility index (Phi) is 4.38. The van der Waals surface area contributed by atoms with Crippen LogP contribution in [0.15, 0.2) is 30.5 Å². The molecule has 0 unspecified atom stereocenters. The minimum atomic E-state index is -0.268. The highest BCUT2D eigenvalue weighted by Crippen LogP contribution is 2.54. The Labute approximate surface area is 169 Å². The van der Waals surface area contributed by atoms with Crippen molar-refractivity contribution in [1.29, 1.82) is 0 Å². The predicted octanol–water partition coefficient (Wildman–Crippen LogP) is 1.09. The normalized spacial score (nSPS) is 29.8. The number of ether oxygens (including phenoxy) is 1. The molecular weight excluding hydrogens is 370 g/mol. The molecule has 4 heterocycles. The van der Waals surface area contributed by atoms with Crippen molar-refractivity contribution in [1.82, 2.24) is 25.6 Å². The second-order valence-electron chi connectivity index (χ2n) is 8.48. The Balaban J connectivity index is 1.23. The van der Waals surface area contributed by atoms with Gasteiger partial charge in [0.15, 0.2) is 5.69 Å². The van der Waals surface area contributed by atoms with Crippen molar-refractivity contribution in [3.05, 3.63) is 47.3 Å². The van der Waals surface area contributed by atoms with E-state index in [1.807, 2.05) is 36.1 Å². The summed E-state index contributed by atoms with van der Waals surface area (Å²) in [5, 5.41) is 13.3. The lowest BCUT2D eigenvalue weighted by molar-refractivity contribution is -0.120. The number of carbonyl (C=O) groups is 2. The van der Waals surface area contributed by atoms with Gasteiger partial charge in [0.05, 0.1) is 30.9 Å². The van der Waals surface area contributed by atoms with E-state index < -0.39 is 0 Å². The van der Waals surface area contributed by atoms with E-state index in [1.165, 1.54) is 6.20 Å². The maximum absolute atomic E-state index is 12.7. The molecule has 0 saturated carbocycles. The summed E-state index contributed by atoms with van der Waals surface area (Å²) in [6.07, 6.45) is 3.97. The first-order chi connectivity index (χ1) is 14.1. The van der Waals surface area contributed by atoms with Crippen LogP contribution in [0.1, 0.15) is 34.5 Å². The summed E-state index contributed by atoms with van der Waals surface area (Å²) >= 11 is 0. The average molecular weight is 395 g/mol. The fourth-order valence-electron chi connectivity index (χ4n) is 5.36. The SMILES string of the molecule is Cc1ccccc1CC(=O)NC[C@H]1[C@H]2CN(C(=O)c3cn[nH]n3)C[C@]23CC[C@H]1O3. The van der Waals surface area contributed by atoms with Crippen LogP contribution in [-0.4, -0.2) is 63.5 Å². The van der Waals surface area contributed by atoms with E-state index in [-0.39, 0.29) is 35.4 Å². The number of aryl methyl sites for hydroxylation is 1. The third kappa shape index (κ3) is 3.11. The van der Waals surface area contributed by atoms with Crippen molar-refractivity contribution < 1.29 is 14.3 Å². The number of hydrogen-bond donors (Lipinski definition) is 2. The molecule has 2 bridgehead atoms. The number of hydrogen-bond acceptors (Lipinski definition) is 5. The quantitative estimate of drug-likeness (QED) is 0.789. The van der Waals surface area contributed by atoms with Crippen molar-refractivity contribution in [2.75, 3.05) is 19.6 Å². The maximum atomic E-state index is 12.7. The fourth-order valence-corrected chi connectivity index (χ4v) is 5.36. The second kappa shape index (κ2) is 6.95. The van der Waals surface area contributed by atoms with E-state index in [9.17, 15) is 9.59 Å². The van der Waals surface area contributed by atoms with E-state index in [2.05, 4.69) is 20.7 Å². The number of aromatic nitrogens is 3.